The molecule has 0 radical (unpaired) electrons. The number of nitrogens with two attached hydrogens (primary N) is 1. The van der Waals surface area contributed by atoms with Crippen LogP contribution in [0.4, 0.5) is 5.69 Å². The van der Waals surface area contributed by atoms with Gasteiger partial charge in [-0.05, 0) is 36.4 Å². The Balaban J connectivity index is 2.04. The third-order valence-corrected chi connectivity index (χ3v) is 3.34. The maximum atomic E-state index is 5.89. The van der Waals surface area contributed by atoms with Gasteiger partial charge in [0.05, 0.1) is 0 Å². The third kappa shape index (κ3) is 3.48. The standard InChI is InChI=1S/C13H11Br2NO/c14-10-3-5-12(6-4-10)17-8-9-1-2-11(15)7-13(9)16/h1-7H,8,16H2. The zero-order valence-electron chi connectivity index (χ0n) is 8.99. The van der Waals surface area contributed by atoms with Gasteiger partial charge in [0.2, 0.25) is 0 Å². The van der Waals surface area contributed by atoms with Crippen LogP contribution in [0.1, 0.15) is 5.56 Å². The molecular weight excluding hydrogens is 346 g/mol. The highest BCUT2D eigenvalue weighted by molar-refractivity contribution is 9.10. The fraction of sp³-hybridized carbons (Fsp3) is 0.0769. The lowest BCUT2D eigenvalue weighted by molar-refractivity contribution is 0.307. The Kier molecular flexibility index (Phi) is 4.07. The minimum Gasteiger partial charge on any atom is -0.489 e. The molecule has 0 aliphatic heterocycles. The Bertz CT molecular complexity index is 511. The molecule has 0 unspecified atom stereocenters. The number of nitrogen functional groups attached to an aromatic ring is 1. The van der Waals surface area contributed by atoms with E-state index in [9.17, 15) is 0 Å². The van der Waals surface area contributed by atoms with Crippen molar-refractivity contribution in [2.24, 2.45) is 0 Å². The highest BCUT2D eigenvalue weighted by Gasteiger charge is 2.01. The van der Waals surface area contributed by atoms with Gasteiger partial charge in [0, 0.05) is 20.2 Å². The van der Waals surface area contributed by atoms with Crippen molar-refractivity contribution >= 4 is 37.5 Å². The van der Waals surface area contributed by atoms with Crippen molar-refractivity contribution < 1.29 is 4.74 Å². The average Bonchev–Trinajstić information content (AvgIpc) is 2.30. The van der Waals surface area contributed by atoms with Crippen molar-refractivity contribution in [3.8, 4) is 5.75 Å². The number of anilines is 1. The topological polar surface area (TPSA) is 35.2 Å². The zero-order chi connectivity index (χ0) is 12.3. The Morgan fingerprint density at radius 1 is 0.941 bits per heavy atom. The van der Waals surface area contributed by atoms with Crippen LogP contribution in [0.3, 0.4) is 0 Å². The first kappa shape index (κ1) is 12.5. The molecule has 0 bridgehead atoms. The van der Waals surface area contributed by atoms with Crippen molar-refractivity contribution in [2.45, 2.75) is 6.61 Å². The maximum Gasteiger partial charge on any atom is 0.119 e. The molecule has 2 nitrogen and oxygen atoms in total. The number of halogens is 2. The summed E-state index contributed by atoms with van der Waals surface area (Å²) in [5, 5.41) is 0. The third-order valence-electron chi connectivity index (χ3n) is 2.32. The van der Waals surface area contributed by atoms with E-state index >= 15 is 0 Å². The molecule has 4 heteroatoms. The van der Waals surface area contributed by atoms with Gasteiger partial charge in [-0.15, -0.1) is 0 Å². The summed E-state index contributed by atoms with van der Waals surface area (Å²) in [6, 6.07) is 13.5. The second-order valence-corrected chi connectivity index (χ2v) is 5.42. The molecule has 0 saturated heterocycles. The molecular formula is C13H11Br2NO. The first-order valence-electron chi connectivity index (χ1n) is 5.07. The van der Waals surface area contributed by atoms with Gasteiger partial charge >= 0.3 is 0 Å². The minimum absolute atomic E-state index is 0.473. The van der Waals surface area contributed by atoms with Gasteiger partial charge in [-0.2, -0.15) is 0 Å². The first-order valence-corrected chi connectivity index (χ1v) is 6.66. The van der Waals surface area contributed by atoms with Crippen LogP contribution >= 0.6 is 31.9 Å². The van der Waals surface area contributed by atoms with E-state index in [4.69, 9.17) is 10.5 Å². The molecule has 0 amide bonds. The quantitative estimate of drug-likeness (QED) is 0.828. The Labute approximate surface area is 117 Å². The molecule has 0 atom stereocenters. The lowest BCUT2D eigenvalue weighted by Crippen LogP contribution is -2.00. The van der Waals surface area contributed by atoms with E-state index < -0.39 is 0 Å². The molecule has 0 aliphatic rings. The van der Waals surface area contributed by atoms with E-state index in [1.165, 1.54) is 0 Å². The summed E-state index contributed by atoms with van der Waals surface area (Å²) in [7, 11) is 0. The first-order chi connectivity index (χ1) is 8.15. The van der Waals surface area contributed by atoms with Crippen molar-refractivity contribution in [1.29, 1.82) is 0 Å². The van der Waals surface area contributed by atoms with Crippen LogP contribution in [0.2, 0.25) is 0 Å². The summed E-state index contributed by atoms with van der Waals surface area (Å²) >= 11 is 6.75. The zero-order valence-corrected chi connectivity index (χ0v) is 12.2. The van der Waals surface area contributed by atoms with E-state index in [-0.39, 0.29) is 0 Å². The highest BCUT2D eigenvalue weighted by Crippen LogP contribution is 2.21. The smallest absolute Gasteiger partial charge is 0.119 e. The molecule has 0 spiro atoms. The van der Waals surface area contributed by atoms with Gasteiger partial charge < -0.3 is 10.5 Å². The predicted molar refractivity (Wildman–Crippen MR) is 77.0 cm³/mol. The molecule has 2 aromatic carbocycles. The Hall–Kier alpha value is -1.00. The lowest BCUT2D eigenvalue weighted by atomic mass is 10.2. The van der Waals surface area contributed by atoms with E-state index in [1.54, 1.807) is 0 Å². The van der Waals surface area contributed by atoms with Crippen LogP contribution in [0.15, 0.2) is 51.4 Å². The molecule has 17 heavy (non-hydrogen) atoms. The maximum absolute atomic E-state index is 5.89. The summed E-state index contributed by atoms with van der Waals surface area (Å²) in [4.78, 5) is 0. The van der Waals surface area contributed by atoms with Gasteiger partial charge in [0.1, 0.15) is 12.4 Å². The summed E-state index contributed by atoms with van der Waals surface area (Å²) in [5.74, 6) is 0.829. The molecule has 2 aromatic rings. The monoisotopic (exact) mass is 355 g/mol. The van der Waals surface area contributed by atoms with Crippen LogP contribution in [-0.2, 0) is 6.61 Å². The Morgan fingerprint density at radius 2 is 1.59 bits per heavy atom. The second-order valence-electron chi connectivity index (χ2n) is 3.59. The molecule has 0 fully saturated rings. The number of hydrogen-bond acceptors (Lipinski definition) is 2. The lowest BCUT2D eigenvalue weighted by Gasteiger charge is -2.08. The SMILES string of the molecule is Nc1cc(Br)ccc1COc1ccc(Br)cc1. The van der Waals surface area contributed by atoms with Gasteiger partial charge in [-0.1, -0.05) is 37.9 Å². The fourth-order valence-electron chi connectivity index (χ4n) is 1.39. The summed E-state index contributed by atoms with van der Waals surface area (Å²) in [5.41, 5.74) is 7.61. The van der Waals surface area contributed by atoms with E-state index in [2.05, 4.69) is 31.9 Å². The predicted octanol–water partition coefficient (Wildman–Crippen LogP) is 4.37. The van der Waals surface area contributed by atoms with Crippen LogP contribution in [0, 0.1) is 0 Å². The molecule has 0 heterocycles. The van der Waals surface area contributed by atoms with Crippen LogP contribution in [0.5, 0.6) is 5.75 Å². The van der Waals surface area contributed by atoms with E-state index in [1.807, 2.05) is 42.5 Å². The molecule has 88 valence electrons. The van der Waals surface area contributed by atoms with Gasteiger partial charge in [-0.3, -0.25) is 0 Å². The normalized spacial score (nSPS) is 10.2. The highest BCUT2D eigenvalue weighted by atomic mass is 79.9. The van der Waals surface area contributed by atoms with Crippen LogP contribution in [-0.4, -0.2) is 0 Å². The number of benzene rings is 2. The molecule has 0 aliphatic carbocycles. The van der Waals surface area contributed by atoms with Crippen molar-refractivity contribution in [3.63, 3.8) is 0 Å². The Morgan fingerprint density at radius 3 is 2.24 bits per heavy atom. The average molecular weight is 357 g/mol. The summed E-state index contributed by atoms with van der Waals surface area (Å²) in [6.45, 7) is 0.473. The van der Waals surface area contributed by atoms with Crippen LogP contribution in [0.25, 0.3) is 0 Å². The van der Waals surface area contributed by atoms with Gasteiger partial charge in [-0.25, -0.2) is 0 Å². The van der Waals surface area contributed by atoms with E-state index in [0.717, 1.165) is 25.9 Å². The molecule has 0 saturated carbocycles. The number of ether oxygens (including phenoxy) is 1. The fourth-order valence-corrected chi connectivity index (χ4v) is 2.03. The summed E-state index contributed by atoms with van der Waals surface area (Å²) < 4.78 is 7.66. The van der Waals surface area contributed by atoms with Crippen LogP contribution < -0.4 is 10.5 Å². The van der Waals surface area contributed by atoms with E-state index in [0.29, 0.717) is 6.61 Å². The van der Waals surface area contributed by atoms with Crippen molar-refractivity contribution in [3.05, 3.63) is 57.0 Å². The minimum atomic E-state index is 0.473. The van der Waals surface area contributed by atoms with Crippen molar-refractivity contribution in [1.82, 2.24) is 0 Å². The van der Waals surface area contributed by atoms with Crippen molar-refractivity contribution in [2.75, 3.05) is 5.73 Å². The second kappa shape index (κ2) is 5.56. The van der Waals surface area contributed by atoms with Gasteiger partial charge in [0.15, 0.2) is 0 Å². The summed E-state index contributed by atoms with van der Waals surface area (Å²) in [6.07, 6.45) is 0. The van der Waals surface area contributed by atoms with Gasteiger partial charge in [0.25, 0.3) is 0 Å². The molecule has 2 N–H and O–H groups in total. The number of hydrogen-bond donors (Lipinski definition) is 1. The number of rotatable bonds is 3. The molecule has 2 rings (SSSR count). The largest absolute Gasteiger partial charge is 0.489 e. The molecule has 0 aromatic heterocycles.